The number of esters is 2. The monoisotopic (exact) mass is 216 g/mol. The van der Waals surface area contributed by atoms with Crippen LogP contribution in [-0.4, -0.2) is 11.9 Å². The number of cyclic esters (lactones) is 2. The fourth-order valence-electron chi connectivity index (χ4n) is 7.55. The Hall–Kier alpha value is -0.860. The van der Waals surface area contributed by atoms with Crippen molar-refractivity contribution in [3.63, 3.8) is 0 Å². The number of carbonyl (C=O) groups is 2. The van der Waals surface area contributed by atoms with E-state index in [0.717, 1.165) is 29.6 Å². The highest BCUT2D eigenvalue weighted by atomic mass is 16.6. The highest BCUT2D eigenvalue weighted by Gasteiger charge is 2.97. The minimum absolute atomic E-state index is 0.0268. The van der Waals surface area contributed by atoms with Crippen molar-refractivity contribution < 1.29 is 14.3 Å². The fraction of sp³-hybridized carbons (Fsp3) is 0.846. The van der Waals surface area contributed by atoms with Crippen molar-refractivity contribution in [3.05, 3.63) is 0 Å². The van der Waals surface area contributed by atoms with Gasteiger partial charge in [0.05, 0.1) is 11.8 Å². The van der Waals surface area contributed by atoms with Crippen LogP contribution in [0.3, 0.4) is 0 Å². The topological polar surface area (TPSA) is 43.4 Å². The van der Waals surface area contributed by atoms with Gasteiger partial charge in [-0.25, -0.2) is 0 Å². The summed E-state index contributed by atoms with van der Waals surface area (Å²) in [5.74, 6) is 4.68. The zero-order chi connectivity index (χ0) is 10.6. The lowest BCUT2D eigenvalue weighted by Gasteiger charge is -2.99. The van der Waals surface area contributed by atoms with Gasteiger partial charge in [0.1, 0.15) is 0 Å². The maximum absolute atomic E-state index is 11.8. The molecule has 82 valence electrons. The van der Waals surface area contributed by atoms with Crippen LogP contribution in [0.5, 0.6) is 0 Å². The second-order valence-electron chi connectivity index (χ2n) is 7.04. The summed E-state index contributed by atoms with van der Waals surface area (Å²) in [6, 6.07) is 0. The van der Waals surface area contributed by atoms with Crippen molar-refractivity contribution in [2.24, 2.45) is 58.7 Å². The van der Waals surface area contributed by atoms with Gasteiger partial charge in [-0.2, -0.15) is 0 Å². The van der Waals surface area contributed by atoms with Gasteiger partial charge in [0.15, 0.2) is 0 Å². The van der Waals surface area contributed by atoms with E-state index in [2.05, 4.69) is 6.92 Å². The molecule has 10 atom stereocenters. The average Bonchev–Trinajstić information content (AvgIpc) is 2.52. The van der Waals surface area contributed by atoms with E-state index in [1.807, 2.05) is 0 Å². The SMILES string of the molecule is CC12C3[C@H]4C5[C@H]3[C@@H]1C([C@H]42)[C@@H]1C(=O)OC(=O)[C@H]51. The van der Waals surface area contributed by atoms with E-state index >= 15 is 0 Å². The average molecular weight is 216 g/mol. The van der Waals surface area contributed by atoms with Crippen LogP contribution >= 0.6 is 0 Å². The number of rotatable bonds is 0. The summed E-state index contributed by atoms with van der Waals surface area (Å²) < 4.78 is 4.89. The Kier molecular flexibility index (Phi) is 0.743. The first kappa shape index (κ1) is 7.46. The number of hydrogen-bond acceptors (Lipinski definition) is 3. The van der Waals surface area contributed by atoms with Gasteiger partial charge in [-0.15, -0.1) is 0 Å². The smallest absolute Gasteiger partial charge is 0.317 e. The van der Waals surface area contributed by atoms with Gasteiger partial charge in [-0.1, -0.05) is 6.92 Å². The molecule has 3 nitrogen and oxygen atoms in total. The molecular weight excluding hydrogens is 204 g/mol. The van der Waals surface area contributed by atoms with Crippen molar-refractivity contribution >= 4 is 11.9 Å². The molecule has 0 aromatic rings. The quantitative estimate of drug-likeness (QED) is 0.442. The Morgan fingerprint density at radius 1 is 0.875 bits per heavy atom. The summed E-state index contributed by atoms with van der Waals surface area (Å²) in [7, 11) is 0. The van der Waals surface area contributed by atoms with E-state index in [9.17, 15) is 9.59 Å². The molecule has 6 saturated carbocycles. The number of hydrogen-bond donors (Lipinski definition) is 0. The van der Waals surface area contributed by atoms with E-state index < -0.39 is 0 Å². The molecule has 1 aliphatic heterocycles. The van der Waals surface area contributed by atoms with Gasteiger partial charge in [-0.3, -0.25) is 9.59 Å². The number of ether oxygens (including phenoxy) is 1. The fourth-order valence-corrected chi connectivity index (χ4v) is 7.55. The third-order valence-electron chi connectivity index (χ3n) is 7.49. The standard InChI is InChI=1S/C13H12O3/c1-13-8-5-2-3-4(12(15)16-11(3)14)7(9(5)13)10(13)6(2)8/h2-10H,1H3/t2?,3-,4-,5-,6-,7?,8?,9-,10+,13?/m1/s1. The third kappa shape index (κ3) is 0.362. The molecule has 0 radical (unpaired) electrons. The summed E-state index contributed by atoms with van der Waals surface area (Å²) in [4.78, 5) is 23.5. The maximum Gasteiger partial charge on any atom is 0.317 e. The van der Waals surface area contributed by atoms with Gasteiger partial charge in [0, 0.05) is 0 Å². The van der Waals surface area contributed by atoms with E-state index in [4.69, 9.17) is 4.74 Å². The van der Waals surface area contributed by atoms with E-state index in [-0.39, 0.29) is 23.8 Å². The maximum atomic E-state index is 11.8. The third-order valence-corrected chi connectivity index (χ3v) is 7.49. The van der Waals surface area contributed by atoms with Gasteiger partial charge < -0.3 is 4.74 Å². The minimum atomic E-state index is -0.195. The van der Waals surface area contributed by atoms with Crippen LogP contribution in [0.2, 0.25) is 0 Å². The molecule has 0 N–H and O–H groups in total. The molecule has 4 unspecified atom stereocenters. The molecule has 6 aliphatic carbocycles. The molecule has 16 heavy (non-hydrogen) atoms. The molecule has 3 heteroatoms. The molecule has 2 bridgehead atoms. The van der Waals surface area contributed by atoms with Crippen LogP contribution in [0.1, 0.15) is 6.92 Å². The van der Waals surface area contributed by atoms with Crippen molar-refractivity contribution in [2.75, 3.05) is 0 Å². The Morgan fingerprint density at radius 2 is 1.38 bits per heavy atom. The van der Waals surface area contributed by atoms with Crippen molar-refractivity contribution in [2.45, 2.75) is 6.92 Å². The normalized spacial score (nSPS) is 78.7. The van der Waals surface area contributed by atoms with Crippen molar-refractivity contribution in [1.82, 2.24) is 0 Å². The highest BCUT2D eigenvalue weighted by Crippen LogP contribution is 2.98. The summed E-state index contributed by atoms with van der Waals surface area (Å²) in [6.07, 6.45) is 0. The van der Waals surface area contributed by atoms with Gasteiger partial charge in [0.2, 0.25) is 0 Å². The molecule has 1 saturated heterocycles. The van der Waals surface area contributed by atoms with Gasteiger partial charge in [0.25, 0.3) is 0 Å². The second-order valence-corrected chi connectivity index (χ2v) is 7.04. The summed E-state index contributed by atoms with van der Waals surface area (Å²) in [5, 5.41) is 0. The van der Waals surface area contributed by atoms with E-state index in [0.29, 0.717) is 17.3 Å². The molecule has 1 heterocycles. The lowest BCUT2D eigenvalue weighted by atomic mass is 9.05. The van der Waals surface area contributed by atoms with Crippen LogP contribution in [0, 0.1) is 58.7 Å². The molecule has 0 aromatic heterocycles. The molecule has 7 fully saturated rings. The predicted octanol–water partition coefficient (Wildman–Crippen LogP) is 0.690. The van der Waals surface area contributed by atoms with Crippen LogP contribution < -0.4 is 0 Å². The predicted molar refractivity (Wildman–Crippen MR) is 50.6 cm³/mol. The summed E-state index contributed by atoms with van der Waals surface area (Å²) in [6.45, 7) is 2.41. The molecule has 0 amide bonds. The first-order chi connectivity index (χ1) is 7.67. The van der Waals surface area contributed by atoms with Crippen LogP contribution in [0.15, 0.2) is 0 Å². The molecule has 7 rings (SSSR count). The first-order valence-corrected chi connectivity index (χ1v) is 6.43. The van der Waals surface area contributed by atoms with Crippen LogP contribution in [0.25, 0.3) is 0 Å². The number of carbonyl (C=O) groups excluding carboxylic acids is 2. The lowest BCUT2D eigenvalue weighted by molar-refractivity contribution is -0.524. The zero-order valence-corrected chi connectivity index (χ0v) is 8.92. The summed E-state index contributed by atoms with van der Waals surface area (Å²) in [5.41, 5.74) is 0.591. The van der Waals surface area contributed by atoms with Crippen LogP contribution in [-0.2, 0) is 14.3 Å². The Bertz CT molecular complexity index is 489. The van der Waals surface area contributed by atoms with Gasteiger partial charge >= 0.3 is 11.9 Å². The van der Waals surface area contributed by atoms with Crippen molar-refractivity contribution in [1.29, 1.82) is 0 Å². The second kappa shape index (κ2) is 1.59. The zero-order valence-electron chi connectivity index (χ0n) is 8.92. The molecule has 7 aliphatic rings. The Labute approximate surface area is 92.5 Å². The first-order valence-electron chi connectivity index (χ1n) is 6.43. The van der Waals surface area contributed by atoms with Crippen molar-refractivity contribution in [3.8, 4) is 0 Å². The Balaban J connectivity index is 1.58. The van der Waals surface area contributed by atoms with E-state index in [1.54, 1.807) is 0 Å². The molecule has 0 aromatic carbocycles. The molecular formula is C13H12O3. The van der Waals surface area contributed by atoms with E-state index in [1.165, 1.54) is 0 Å². The Morgan fingerprint density at radius 3 is 2.00 bits per heavy atom. The lowest BCUT2D eigenvalue weighted by Crippen LogP contribution is -2.97. The van der Waals surface area contributed by atoms with Gasteiger partial charge in [-0.05, 0) is 46.8 Å². The summed E-state index contributed by atoms with van der Waals surface area (Å²) >= 11 is 0. The molecule has 0 spiro atoms. The minimum Gasteiger partial charge on any atom is -0.393 e. The highest BCUT2D eigenvalue weighted by molar-refractivity contribution is 5.98. The largest absolute Gasteiger partial charge is 0.393 e. The van der Waals surface area contributed by atoms with Crippen LogP contribution in [0.4, 0.5) is 0 Å².